The highest BCUT2D eigenvalue weighted by molar-refractivity contribution is 5.69. The van der Waals surface area contributed by atoms with Crippen molar-refractivity contribution < 1.29 is 9.53 Å². The maximum absolute atomic E-state index is 11.2. The maximum atomic E-state index is 11.2. The average Bonchev–Trinajstić information content (AvgIpc) is 2.82. The number of aromatic nitrogens is 2. The van der Waals surface area contributed by atoms with Crippen molar-refractivity contribution in [3.63, 3.8) is 0 Å². The minimum absolute atomic E-state index is 0.220. The van der Waals surface area contributed by atoms with Crippen LogP contribution in [0.5, 0.6) is 0 Å². The second-order valence-electron chi connectivity index (χ2n) is 4.43. The number of anilines is 1. The molecule has 0 atom stereocenters. The van der Waals surface area contributed by atoms with Gasteiger partial charge in [-0.15, -0.1) is 0 Å². The highest BCUT2D eigenvalue weighted by atomic mass is 16.5. The van der Waals surface area contributed by atoms with Gasteiger partial charge in [-0.1, -0.05) is 0 Å². The predicted molar refractivity (Wildman–Crippen MR) is 73.1 cm³/mol. The highest BCUT2D eigenvalue weighted by Crippen LogP contribution is 2.17. The standard InChI is InChI=1S/C14H17N3O2/c1-10-8-17(9-16-10)13-6-11(5-12(15)7-13)3-4-14(18)19-2/h5-9H,3-4,15H2,1-2H3. The predicted octanol–water partition coefficient (Wildman–Crippen LogP) is 1.87. The van der Waals surface area contributed by atoms with E-state index in [0.29, 0.717) is 18.5 Å². The van der Waals surface area contributed by atoms with Crippen LogP contribution in [0, 0.1) is 6.92 Å². The number of nitrogen functional groups attached to an aromatic ring is 1. The number of methoxy groups -OCH3 is 1. The Hall–Kier alpha value is -2.30. The van der Waals surface area contributed by atoms with Gasteiger partial charge in [-0.25, -0.2) is 4.98 Å². The van der Waals surface area contributed by atoms with E-state index < -0.39 is 0 Å². The lowest BCUT2D eigenvalue weighted by atomic mass is 10.1. The SMILES string of the molecule is COC(=O)CCc1cc(N)cc(-n2cnc(C)c2)c1. The number of carbonyl (C=O) groups excluding carboxylic acids is 1. The Kier molecular flexibility index (Phi) is 3.85. The molecule has 0 aliphatic heterocycles. The zero-order chi connectivity index (χ0) is 13.8. The number of carbonyl (C=O) groups is 1. The summed E-state index contributed by atoms with van der Waals surface area (Å²) in [5, 5.41) is 0. The Bertz CT molecular complexity index is 590. The molecular formula is C14H17N3O2. The molecule has 1 aromatic heterocycles. The largest absolute Gasteiger partial charge is 0.469 e. The summed E-state index contributed by atoms with van der Waals surface area (Å²) in [6.07, 6.45) is 4.63. The number of imidazole rings is 1. The molecule has 0 bridgehead atoms. The van der Waals surface area contributed by atoms with Crippen molar-refractivity contribution >= 4 is 11.7 Å². The maximum Gasteiger partial charge on any atom is 0.305 e. The monoisotopic (exact) mass is 259 g/mol. The number of nitrogens with zero attached hydrogens (tertiary/aromatic N) is 2. The lowest BCUT2D eigenvalue weighted by Gasteiger charge is -2.08. The lowest BCUT2D eigenvalue weighted by molar-refractivity contribution is -0.140. The summed E-state index contributed by atoms with van der Waals surface area (Å²) in [7, 11) is 1.39. The topological polar surface area (TPSA) is 70.1 Å². The number of benzene rings is 1. The molecule has 2 aromatic rings. The summed E-state index contributed by atoms with van der Waals surface area (Å²) in [5.74, 6) is -0.220. The van der Waals surface area contributed by atoms with Crippen LogP contribution >= 0.6 is 0 Å². The molecule has 0 fully saturated rings. The molecule has 100 valence electrons. The van der Waals surface area contributed by atoms with Gasteiger partial charge >= 0.3 is 5.97 Å². The first-order valence-electron chi connectivity index (χ1n) is 6.05. The summed E-state index contributed by atoms with van der Waals surface area (Å²) in [6, 6.07) is 5.75. The smallest absolute Gasteiger partial charge is 0.305 e. The van der Waals surface area contributed by atoms with E-state index in [-0.39, 0.29) is 5.97 Å². The number of hydrogen-bond donors (Lipinski definition) is 1. The first-order chi connectivity index (χ1) is 9.08. The summed E-state index contributed by atoms with van der Waals surface area (Å²) < 4.78 is 6.55. The molecule has 0 saturated carbocycles. The van der Waals surface area contributed by atoms with Crippen molar-refractivity contribution in [3.05, 3.63) is 42.0 Å². The van der Waals surface area contributed by atoms with E-state index in [1.807, 2.05) is 35.9 Å². The molecule has 1 heterocycles. The summed E-state index contributed by atoms with van der Waals surface area (Å²) in [5.41, 5.74) is 9.46. The molecular weight excluding hydrogens is 242 g/mol. The quantitative estimate of drug-likeness (QED) is 0.672. The second kappa shape index (κ2) is 5.56. The minimum atomic E-state index is -0.220. The molecule has 5 nitrogen and oxygen atoms in total. The molecule has 2 N–H and O–H groups in total. The van der Waals surface area contributed by atoms with Crippen LogP contribution in [0.15, 0.2) is 30.7 Å². The highest BCUT2D eigenvalue weighted by Gasteiger charge is 2.05. The molecule has 0 spiro atoms. The van der Waals surface area contributed by atoms with Crippen LogP contribution in [-0.2, 0) is 16.0 Å². The third kappa shape index (κ3) is 3.34. The van der Waals surface area contributed by atoms with Gasteiger partial charge < -0.3 is 15.0 Å². The number of aryl methyl sites for hydroxylation is 2. The van der Waals surface area contributed by atoms with Gasteiger partial charge in [-0.2, -0.15) is 0 Å². The van der Waals surface area contributed by atoms with E-state index in [9.17, 15) is 4.79 Å². The molecule has 0 aliphatic carbocycles. The van der Waals surface area contributed by atoms with Gasteiger partial charge in [0.05, 0.1) is 19.1 Å². The van der Waals surface area contributed by atoms with E-state index in [2.05, 4.69) is 9.72 Å². The van der Waals surface area contributed by atoms with Gasteiger partial charge in [0, 0.05) is 24.0 Å². The van der Waals surface area contributed by atoms with E-state index in [0.717, 1.165) is 16.9 Å². The fourth-order valence-corrected chi connectivity index (χ4v) is 1.90. The number of ether oxygens (including phenoxy) is 1. The summed E-state index contributed by atoms with van der Waals surface area (Å²) in [6.45, 7) is 1.93. The van der Waals surface area contributed by atoms with Crippen molar-refractivity contribution in [1.82, 2.24) is 9.55 Å². The average molecular weight is 259 g/mol. The molecule has 19 heavy (non-hydrogen) atoms. The summed E-state index contributed by atoms with van der Waals surface area (Å²) >= 11 is 0. The molecule has 5 heteroatoms. The van der Waals surface area contributed by atoms with Crippen LogP contribution in [0.2, 0.25) is 0 Å². The number of nitrogens with two attached hydrogens (primary N) is 1. The van der Waals surface area contributed by atoms with Crippen molar-refractivity contribution in [2.75, 3.05) is 12.8 Å². The number of esters is 1. The normalized spacial score (nSPS) is 10.4. The first kappa shape index (κ1) is 13.1. The Morgan fingerprint density at radius 3 is 2.84 bits per heavy atom. The minimum Gasteiger partial charge on any atom is -0.469 e. The van der Waals surface area contributed by atoms with Crippen molar-refractivity contribution in [3.8, 4) is 5.69 Å². The van der Waals surface area contributed by atoms with Gasteiger partial charge in [0.2, 0.25) is 0 Å². The molecule has 0 saturated heterocycles. The van der Waals surface area contributed by atoms with Gasteiger partial charge in [0.15, 0.2) is 0 Å². The molecule has 0 radical (unpaired) electrons. The van der Waals surface area contributed by atoms with Crippen molar-refractivity contribution in [1.29, 1.82) is 0 Å². The van der Waals surface area contributed by atoms with Gasteiger partial charge in [0.25, 0.3) is 0 Å². The Labute approximate surface area is 112 Å². The van der Waals surface area contributed by atoms with E-state index in [1.165, 1.54) is 7.11 Å². The molecule has 0 unspecified atom stereocenters. The van der Waals surface area contributed by atoms with Crippen LogP contribution in [0.3, 0.4) is 0 Å². The van der Waals surface area contributed by atoms with Crippen LogP contribution in [-0.4, -0.2) is 22.6 Å². The molecule has 1 aromatic carbocycles. The second-order valence-corrected chi connectivity index (χ2v) is 4.43. The van der Waals surface area contributed by atoms with Crippen LogP contribution in [0.1, 0.15) is 17.7 Å². The Balaban J connectivity index is 2.22. The molecule has 2 rings (SSSR count). The van der Waals surface area contributed by atoms with E-state index in [1.54, 1.807) is 6.33 Å². The zero-order valence-electron chi connectivity index (χ0n) is 11.1. The van der Waals surface area contributed by atoms with Gasteiger partial charge in [-0.3, -0.25) is 4.79 Å². The fourth-order valence-electron chi connectivity index (χ4n) is 1.90. The number of hydrogen-bond acceptors (Lipinski definition) is 4. The van der Waals surface area contributed by atoms with Crippen molar-refractivity contribution in [2.24, 2.45) is 0 Å². The molecule has 0 amide bonds. The van der Waals surface area contributed by atoms with E-state index >= 15 is 0 Å². The summed E-state index contributed by atoms with van der Waals surface area (Å²) in [4.78, 5) is 15.3. The molecule has 0 aliphatic rings. The Morgan fingerprint density at radius 1 is 1.42 bits per heavy atom. The third-order valence-corrected chi connectivity index (χ3v) is 2.86. The van der Waals surface area contributed by atoms with Crippen molar-refractivity contribution in [2.45, 2.75) is 19.8 Å². The fraction of sp³-hybridized carbons (Fsp3) is 0.286. The lowest BCUT2D eigenvalue weighted by Crippen LogP contribution is -2.03. The van der Waals surface area contributed by atoms with Crippen LogP contribution < -0.4 is 5.73 Å². The van der Waals surface area contributed by atoms with Gasteiger partial charge in [-0.05, 0) is 37.1 Å². The van der Waals surface area contributed by atoms with E-state index in [4.69, 9.17) is 5.73 Å². The first-order valence-corrected chi connectivity index (χ1v) is 6.05. The van der Waals surface area contributed by atoms with Crippen LogP contribution in [0.25, 0.3) is 5.69 Å². The number of rotatable bonds is 4. The third-order valence-electron chi connectivity index (χ3n) is 2.86. The Morgan fingerprint density at radius 2 is 2.21 bits per heavy atom. The van der Waals surface area contributed by atoms with Crippen LogP contribution in [0.4, 0.5) is 5.69 Å². The van der Waals surface area contributed by atoms with Gasteiger partial charge in [0.1, 0.15) is 0 Å². The zero-order valence-corrected chi connectivity index (χ0v) is 11.1.